The van der Waals surface area contributed by atoms with Crippen molar-refractivity contribution in [2.45, 2.75) is 19.4 Å². The summed E-state index contributed by atoms with van der Waals surface area (Å²) in [5.41, 5.74) is 2.50. The van der Waals surface area contributed by atoms with Gasteiger partial charge in [-0.25, -0.2) is 0 Å². The summed E-state index contributed by atoms with van der Waals surface area (Å²) >= 11 is 0. The summed E-state index contributed by atoms with van der Waals surface area (Å²) in [7, 11) is 0. The number of anilines is 1. The number of hydrogen-bond donors (Lipinski definition) is 1. The Hall–Kier alpha value is -3.60. The lowest BCUT2D eigenvalue weighted by atomic mass is 9.95. The van der Waals surface area contributed by atoms with Gasteiger partial charge in [0.15, 0.2) is 11.5 Å². The van der Waals surface area contributed by atoms with Gasteiger partial charge in [0.2, 0.25) is 5.78 Å². The van der Waals surface area contributed by atoms with E-state index in [2.05, 4.69) is 6.92 Å². The maximum atomic E-state index is 13.0. The number of aryl methyl sites for hydroxylation is 1. The molecule has 5 heteroatoms. The summed E-state index contributed by atoms with van der Waals surface area (Å²) in [4.78, 5) is 27.5. The minimum absolute atomic E-state index is 0.0192. The lowest BCUT2D eigenvalue weighted by Gasteiger charge is -2.27. The second-order valence-electron chi connectivity index (χ2n) is 6.58. The van der Waals surface area contributed by atoms with Crippen LogP contribution in [0.4, 0.5) is 5.69 Å². The molecule has 1 unspecified atom stereocenters. The Bertz CT molecular complexity index is 1030. The smallest absolute Gasteiger partial charge is 0.294 e. The van der Waals surface area contributed by atoms with Gasteiger partial charge in [-0.1, -0.05) is 49.4 Å². The van der Waals surface area contributed by atoms with Crippen molar-refractivity contribution < 1.29 is 19.1 Å². The molecule has 0 aliphatic carbocycles. The van der Waals surface area contributed by atoms with Crippen LogP contribution in [0.15, 0.2) is 88.7 Å². The number of Topliss-reactive ketones (excluding diaryl/α,β-unsaturated/α-hetero) is 1. The second-order valence-corrected chi connectivity index (χ2v) is 6.58. The maximum absolute atomic E-state index is 13.0. The summed E-state index contributed by atoms with van der Waals surface area (Å²) in [5.74, 6) is -1.57. The first-order valence-electron chi connectivity index (χ1n) is 9.10. The van der Waals surface area contributed by atoms with Gasteiger partial charge < -0.3 is 9.52 Å². The van der Waals surface area contributed by atoms with Crippen LogP contribution in [0, 0.1) is 0 Å². The third-order valence-electron chi connectivity index (χ3n) is 4.94. The van der Waals surface area contributed by atoms with Gasteiger partial charge >= 0.3 is 0 Å². The van der Waals surface area contributed by atoms with E-state index in [4.69, 9.17) is 4.42 Å². The van der Waals surface area contributed by atoms with E-state index in [1.165, 1.54) is 17.2 Å². The molecule has 0 saturated heterocycles. The molecule has 5 nitrogen and oxygen atoms in total. The minimum Gasteiger partial charge on any atom is -0.503 e. The largest absolute Gasteiger partial charge is 0.503 e. The highest BCUT2D eigenvalue weighted by molar-refractivity contribution is 6.20. The number of aliphatic hydroxyl groups is 1. The molecule has 0 saturated carbocycles. The Morgan fingerprint density at radius 1 is 1.04 bits per heavy atom. The molecule has 140 valence electrons. The zero-order valence-corrected chi connectivity index (χ0v) is 15.3. The van der Waals surface area contributed by atoms with Crippen LogP contribution in [0.25, 0.3) is 0 Å². The summed E-state index contributed by atoms with van der Waals surface area (Å²) in [6.45, 7) is 2.05. The predicted octanol–water partition coefficient (Wildman–Crippen LogP) is 4.62. The number of carbonyl (C=O) groups excluding carboxylic acids is 2. The monoisotopic (exact) mass is 373 g/mol. The number of rotatable bonds is 5. The molecule has 1 aromatic heterocycles. The van der Waals surface area contributed by atoms with Crippen LogP contribution < -0.4 is 4.90 Å². The summed E-state index contributed by atoms with van der Waals surface area (Å²) in [5, 5.41) is 10.6. The fourth-order valence-electron chi connectivity index (χ4n) is 3.49. The minimum atomic E-state index is -0.737. The van der Waals surface area contributed by atoms with Crippen LogP contribution in [0.1, 0.15) is 34.6 Å². The molecule has 1 aliphatic rings. The first-order chi connectivity index (χ1) is 13.6. The SMILES string of the molecule is CCc1ccc(N2C(=O)C(O)=C(C(=O)c3ccco3)C2c2ccccc2)cc1. The molecule has 0 radical (unpaired) electrons. The molecule has 1 N–H and O–H groups in total. The first-order valence-corrected chi connectivity index (χ1v) is 9.10. The van der Waals surface area contributed by atoms with Gasteiger partial charge in [-0.05, 0) is 41.8 Å². The van der Waals surface area contributed by atoms with Gasteiger partial charge in [0.25, 0.3) is 5.91 Å². The van der Waals surface area contributed by atoms with Crippen LogP contribution >= 0.6 is 0 Å². The van der Waals surface area contributed by atoms with E-state index in [1.807, 2.05) is 54.6 Å². The van der Waals surface area contributed by atoms with E-state index in [0.717, 1.165) is 17.5 Å². The molecule has 1 amide bonds. The molecular formula is C23H19NO4. The molecule has 28 heavy (non-hydrogen) atoms. The van der Waals surface area contributed by atoms with E-state index in [1.54, 1.807) is 6.07 Å². The van der Waals surface area contributed by atoms with Crippen molar-refractivity contribution in [2.75, 3.05) is 4.90 Å². The van der Waals surface area contributed by atoms with Gasteiger partial charge in [-0.15, -0.1) is 0 Å². The van der Waals surface area contributed by atoms with Crippen molar-refractivity contribution in [3.8, 4) is 0 Å². The molecule has 0 spiro atoms. The summed E-state index contributed by atoms with van der Waals surface area (Å²) in [6.07, 6.45) is 2.27. The Balaban J connectivity index is 1.85. The maximum Gasteiger partial charge on any atom is 0.294 e. The van der Waals surface area contributed by atoms with Crippen LogP contribution in [0.5, 0.6) is 0 Å². The lowest BCUT2D eigenvalue weighted by Crippen LogP contribution is -2.31. The number of ketones is 1. The van der Waals surface area contributed by atoms with E-state index in [-0.39, 0.29) is 11.3 Å². The quantitative estimate of drug-likeness (QED) is 0.662. The number of carbonyl (C=O) groups is 2. The Morgan fingerprint density at radius 3 is 2.36 bits per heavy atom. The topological polar surface area (TPSA) is 70.8 Å². The highest BCUT2D eigenvalue weighted by atomic mass is 16.3. The van der Waals surface area contributed by atoms with Gasteiger partial charge in [-0.3, -0.25) is 14.5 Å². The van der Waals surface area contributed by atoms with Crippen molar-refractivity contribution in [3.63, 3.8) is 0 Å². The van der Waals surface area contributed by atoms with Crippen LogP contribution in [0.3, 0.4) is 0 Å². The van der Waals surface area contributed by atoms with Crippen LogP contribution in [0.2, 0.25) is 0 Å². The molecule has 1 aliphatic heterocycles. The van der Waals surface area contributed by atoms with Crippen LogP contribution in [-0.2, 0) is 11.2 Å². The fraction of sp³-hybridized carbons (Fsp3) is 0.130. The Kier molecular flexibility index (Phi) is 4.57. The average Bonchev–Trinajstić information content (AvgIpc) is 3.36. The summed E-state index contributed by atoms with van der Waals surface area (Å²) < 4.78 is 5.22. The number of nitrogens with zero attached hydrogens (tertiary/aromatic N) is 1. The Labute approximate surface area is 162 Å². The van der Waals surface area contributed by atoms with E-state index in [9.17, 15) is 14.7 Å². The number of benzene rings is 2. The van der Waals surface area contributed by atoms with E-state index in [0.29, 0.717) is 5.69 Å². The zero-order valence-electron chi connectivity index (χ0n) is 15.3. The second kappa shape index (κ2) is 7.19. The molecular weight excluding hydrogens is 354 g/mol. The van der Waals surface area contributed by atoms with Gasteiger partial charge in [0, 0.05) is 5.69 Å². The predicted molar refractivity (Wildman–Crippen MR) is 105 cm³/mol. The van der Waals surface area contributed by atoms with Gasteiger partial charge in [-0.2, -0.15) is 0 Å². The highest BCUT2D eigenvalue weighted by Crippen LogP contribution is 2.41. The van der Waals surface area contributed by atoms with Crippen molar-refractivity contribution in [2.24, 2.45) is 0 Å². The Morgan fingerprint density at radius 2 is 1.75 bits per heavy atom. The molecule has 0 bridgehead atoms. The number of aliphatic hydroxyl groups excluding tert-OH is 1. The zero-order chi connectivity index (χ0) is 19.7. The summed E-state index contributed by atoms with van der Waals surface area (Å²) in [6, 6.07) is 19.1. The standard InChI is InChI=1S/C23H19NO4/c1-2-15-10-12-17(13-11-15)24-20(16-7-4-3-5-8-16)19(22(26)23(24)27)21(25)18-9-6-14-28-18/h3-14,20,26H,2H2,1H3. The number of hydrogen-bond acceptors (Lipinski definition) is 4. The number of amides is 1. The molecule has 4 rings (SSSR count). The third-order valence-corrected chi connectivity index (χ3v) is 4.94. The average molecular weight is 373 g/mol. The van der Waals surface area contributed by atoms with E-state index >= 15 is 0 Å². The van der Waals surface area contributed by atoms with Crippen molar-refractivity contribution >= 4 is 17.4 Å². The van der Waals surface area contributed by atoms with Crippen molar-refractivity contribution in [1.82, 2.24) is 0 Å². The van der Waals surface area contributed by atoms with Crippen molar-refractivity contribution in [1.29, 1.82) is 0 Å². The molecule has 1 atom stereocenters. The first kappa shape index (κ1) is 17.8. The lowest BCUT2D eigenvalue weighted by molar-refractivity contribution is -0.117. The van der Waals surface area contributed by atoms with Crippen LogP contribution in [-0.4, -0.2) is 16.8 Å². The van der Waals surface area contributed by atoms with E-state index < -0.39 is 23.5 Å². The highest BCUT2D eigenvalue weighted by Gasteiger charge is 2.45. The number of furan rings is 1. The molecule has 2 heterocycles. The molecule has 0 fully saturated rings. The van der Waals surface area contributed by atoms with Gasteiger partial charge in [0.1, 0.15) is 0 Å². The molecule has 3 aromatic rings. The fourth-order valence-corrected chi connectivity index (χ4v) is 3.49. The van der Waals surface area contributed by atoms with Crippen molar-refractivity contribution in [3.05, 3.63) is 101 Å². The normalized spacial score (nSPS) is 16.7. The third kappa shape index (κ3) is 2.91. The molecule has 2 aromatic carbocycles. The van der Waals surface area contributed by atoms with Gasteiger partial charge in [0.05, 0.1) is 17.9 Å².